The van der Waals surface area contributed by atoms with Crippen molar-refractivity contribution in [2.24, 2.45) is 5.84 Å². The molecule has 2 heterocycles. The van der Waals surface area contributed by atoms with Crippen molar-refractivity contribution < 1.29 is 4.79 Å². The zero-order chi connectivity index (χ0) is 13.3. The van der Waals surface area contributed by atoms with Crippen LogP contribution in [0.3, 0.4) is 0 Å². The van der Waals surface area contributed by atoms with Crippen LogP contribution in [0.1, 0.15) is 17.6 Å². The van der Waals surface area contributed by atoms with Gasteiger partial charge in [0, 0.05) is 4.88 Å². The second kappa shape index (κ2) is 4.87. The Hall–Kier alpha value is -1.73. The summed E-state index contributed by atoms with van der Waals surface area (Å²) in [7, 11) is 0. The van der Waals surface area contributed by atoms with E-state index in [0.717, 1.165) is 16.1 Å². The zero-order valence-electron chi connectivity index (χ0n) is 10.2. The van der Waals surface area contributed by atoms with E-state index in [4.69, 9.17) is 5.84 Å². The van der Waals surface area contributed by atoms with Gasteiger partial charge in [0.15, 0.2) is 0 Å². The molecule has 2 aromatic heterocycles. The van der Waals surface area contributed by atoms with E-state index in [2.05, 4.69) is 4.98 Å². The van der Waals surface area contributed by atoms with Crippen molar-refractivity contribution in [3.8, 4) is 0 Å². The summed E-state index contributed by atoms with van der Waals surface area (Å²) in [5.41, 5.74) is 1.81. The first-order valence-electron chi connectivity index (χ1n) is 5.56. The van der Waals surface area contributed by atoms with Crippen molar-refractivity contribution in [3.05, 3.63) is 27.1 Å². The van der Waals surface area contributed by atoms with Gasteiger partial charge in [0.1, 0.15) is 17.2 Å². The highest BCUT2D eigenvalue weighted by molar-refractivity contribution is 7.18. The summed E-state index contributed by atoms with van der Waals surface area (Å²) in [6.07, 6.45) is 0.864. The van der Waals surface area contributed by atoms with Gasteiger partial charge in [-0.05, 0) is 19.4 Å². The molecule has 0 aliphatic carbocycles. The lowest BCUT2D eigenvalue weighted by Gasteiger charge is -2.07. The van der Waals surface area contributed by atoms with Gasteiger partial charge >= 0.3 is 0 Å². The number of hydrazine groups is 1. The van der Waals surface area contributed by atoms with Crippen LogP contribution in [0.15, 0.2) is 10.9 Å². The number of fused-ring (bicyclic) bond motifs is 1. The van der Waals surface area contributed by atoms with Gasteiger partial charge in [0.2, 0.25) is 0 Å². The zero-order valence-corrected chi connectivity index (χ0v) is 11.0. The van der Waals surface area contributed by atoms with E-state index in [0.29, 0.717) is 11.2 Å². The number of amides is 1. The third kappa shape index (κ3) is 2.14. The SMILES string of the molecule is CCc1cc2c(=O)n(CC(=O)NN)c(C)nc2s1. The van der Waals surface area contributed by atoms with E-state index in [9.17, 15) is 9.59 Å². The van der Waals surface area contributed by atoms with Crippen molar-refractivity contribution in [2.45, 2.75) is 26.8 Å². The number of rotatable bonds is 3. The van der Waals surface area contributed by atoms with Crippen LogP contribution in [0, 0.1) is 6.92 Å². The van der Waals surface area contributed by atoms with Gasteiger partial charge < -0.3 is 0 Å². The number of hydrogen-bond donors (Lipinski definition) is 2. The van der Waals surface area contributed by atoms with Crippen LogP contribution in [-0.2, 0) is 17.8 Å². The topological polar surface area (TPSA) is 90.0 Å². The quantitative estimate of drug-likeness (QED) is 0.475. The fourth-order valence-electron chi connectivity index (χ4n) is 1.72. The molecule has 0 radical (unpaired) electrons. The monoisotopic (exact) mass is 266 g/mol. The highest BCUT2D eigenvalue weighted by atomic mass is 32.1. The van der Waals surface area contributed by atoms with Gasteiger partial charge in [-0.3, -0.25) is 19.6 Å². The van der Waals surface area contributed by atoms with Crippen molar-refractivity contribution in [1.29, 1.82) is 0 Å². The first-order valence-corrected chi connectivity index (χ1v) is 6.37. The molecule has 2 rings (SSSR count). The molecule has 0 aliphatic heterocycles. The van der Waals surface area contributed by atoms with E-state index in [-0.39, 0.29) is 12.1 Å². The number of thiophene rings is 1. The summed E-state index contributed by atoms with van der Waals surface area (Å²) in [5, 5.41) is 0.562. The largest absolute Gasteiger partial charge is 0.293 e. The molecule has 18 heavy (non-hydrogen) atoms. The van der Waals surface area contributed by atoms with Gasteiger partial charge in [-0.2, -0.15) is 0 Å². The average Bonchev–Trinajstić information content (AvgIpc) is 2.77. The summed E-state index contributed by atoms with van der Waals surface area (Å²) in [6.45, 7) is 3.62. The molecule has 0 fully saturated rings. The highest BCUT2D eigenvalue weighted by Crippen LogP contribution is 2.21. The molecule has 6 nitrogen and oxygen atoms in total. The molecule has 96 valence electrons. The normalized spacial score (nSPS) is 10.8. The minimum absolute atomic E-state index is 0.110. The Morgan fingerprint density at radius 3 is 2.94 bits per heavy atom. The first-order chi connectivity index (χ1) is 8.56. The standard InChI is InChI=1S/C11H14N4O2S/c1-3-7-4-8-10(18-7)13-6(2)15(11(8)17)5-9(16)14-12/h4H,3,5,12H2,1-2H3,(H,14,16). The smallest absolute Gasteiger partial charge is 0.262 e. The Bertz CT molecular complexity index is 659. The lowest BCUT2D eigenvalue weighted by molar-refractivity contribution is -0.121. The van der Waals surface area contributed by atoms with Crippen LogP contribution in [0.2, 0.25) is 0 Å². The van der Waals surface area contributed by atoms with E-state index in [1.165, 1.54) is 15.9 Å². The van der Waals surface area contributed by atoms with Crippen LogP contribution in [-0.4, -0.2) is 15.5 Å². The number of hydrogen-bond acceptors (Lipinski definition) is 5. The Kier molecular flexibility index (Phi) is 3.44. The molecule has 0 aliphatic rings. The fraction of sp³-hybridized carbons (Fsp3) is 0.364. The van der Waals surface area contributed by atoms with Gasteiger partial charge in [-0.1, -0.05) is 6.92 Å². The Labute approximate surface area is 107 Å². The average molecular weight is 266 g/mol. The van der Waals surface area contributed by atoms with Crippen LogP contribution >= 0.6 is 11.3 Å². The van der Waals surface area contributed by atoms with Gasteiger partial charge in [-0.25, -0.2) is 10.8 Å². The summed E-state index contributed by atoms with van der Waals surface area (Å²) in [5.74, 6) is 5.12. The minimum atomic E-state index is -0.424. The Morgan fingerprint density at radius 2 is 2.33 bits per heavy atom. The molecule has 3 N–H and O–H groups in total. The van der Waals surface area contributed by atoms with Gasteiger partial charge in [0.25, 0.3) is 11.5 Å². The molecule has 0 atom stereocenters. The lowest BCUT2D eigenvalue weighted by atomic mass is 10.3. The molecule has 0 aromatic carbocycles. The molecule has 0 saturated carbocycles. The van der Waals surface area contributed by atoms with E-state index >= 15 is 0 Å². The number of aryl methyl sites for hydroxylation is 2. The van der Waals surface area contributed by atoms with E-state index < -0.39 is 5.91 Å². The molecule has 0 bridgehead atoms. The predicted octanol–water partition coefficient (Wildman–Crippen LogP) is 0.319. The van der Waals surface area contributed by atoms with Crippen molar-refractivity contribution in [2.75, 3.05) is 0 Å². The Balaban J connectivity index is 2.60. The van der Waals surface area contributed by atoms with E-state index in [1.54, 1.807) is 6.92 Å². The number of carbonyl (C=O) groups is 1. The van der Waals surface area contributed by atoms with Crippen LogP contribution in [0.25, 0.3) is 10.2 Å². The number of nitrogens with two attached hydrogens (primary N) is 1. The second-order valence-corrected chi connectivity index (χ2v) is 5.02. The first kappa shape index (κ1) is 12.7. The fourth-order valence-corrected chi connectivity index (χ4v) is 2.72. The molecular formula is C11H14N4O2S. The van der Waals surface area contributed by atoms with Crippen molar-refractivity contribution in [1.82, 2.24) is 15.0 Å². The van der Waals surface area contributed by atoms with E-state index in [1.807, 2.05) is 18.4 Å². The molecule has 0 unspecified atom stereocenters. The highest BCUT2D eigenvalue weighted by Gasteiger charge is 2.13. The lowest BCUT2D eigenvalue weighted by Crippen LogP contribution is -2.37. The third-order valence-corrected chi connectivity index (χ3v) is 3.88. The maximum atomic E-state index is 12.2. The summed E-state index contributed by atoms with van der Waals surface area (Å²) in [6, 6.07) is 1.84. The summed E-state index contributed by atoms with van der Waals surface area (Å²) >= 11 is 1.51. The summed E-state index contributed by atoms with van der Waals surface area (Å²) in [4.78, 5) is 29.7. The molecule has 7 heteroatoms. The van der Waals surface area contributed by atoms with Crippen LogP contribution in [0.5, 0.6) is 0 Å². The third-order valence-electron chi connectivity index (χ3n) is 2.70. The summed E-state index contributed by atoms with van der Waals surface area (Å²) < 4.78 is 1.33. The van der Waals surface area contributed by atoms with Crippen molar-refractivity contribution >= 4 is 27.5 Å². The molecular weight excluding hydrogens is 252 g/mol. The maximum absolute atomic E-state index is 12.2. The molecule has 1 amide bonds. The Morgan fingerprint density at radius 1 is 1.61 bits per heavy atom. The van der Waals surface area contributed by atoms with Crippen molar-refractivity contribution in [3.63, 3.8) is 0 Å². The van der Waals surface area contributed by atoms with Crippen LogP contribution < -0.4 is 16.8 Å². The maximum Gasteiger partial charge on any atom is 0.262 e. The molecule has 0 spiro atoms. The van der Waals surface area contributed by atoms with Gasteiger partial charge in [0.05, 0.1) is 5.39 Å². The second-order valence-electron chi connectivity index (χ2n) is 3.90. The molecule has 2 aromatic rings. The van der Waals surface area contributed by atoms with Crippen LogP contribution in [0.4, 0.5) is 0 Å². The predicted molar refractivity (Wildman–Crippen MR) is 70.3 cm³/mol. The number of nitrogens with one attached hydrogen (secondary N) is 1. The number of nitrogens with zero attached hydrogens (tertiary/aromatic N) is 2. The minimum Gasteiger partial charge on any atom is -0.293 e. The number of carbonyl (C=O) groups excluding carboxylic acids is 1. The number of aromatic nitrogens is 2. The molecule has 0 saturated heterocycles. The van der Waals surface area contributed by atoms with Gasteiger partial charge in [-0.15, -0.1) is 11.3 Å².